The zero-order valence-electron chi connectivity index (χ0n) is 18.1. The molecule has 0 amide bonds. The third-order valence-corrected chi connectivity index (χ3v) is 5.93. The number of anilines is 2. The molecule has 1 radical (unpaired) electrons. The Morgan fingerprint density at radius 3 is 2.61 bits per heavy atom. The Morgan fingerprint density at radius 1 is 1.03 bits per heavy atom. The van der Waals surface area contributed by atoms with Gasteiger partial charge in [-0.05, 0) is 62.4 Å². The van der Waals surface area contributed by atoms with E-state index < -0.39 is 9.84 Å². The zero-order chi connectivity index (χ0) is 23.2. The second-order valence-corrected chi connectivity index (χ2v) is 9.54. The van der Waals surface area contributed by atoms with Crippen molar-refractivity contribution in [1.29, 1.82) is 0 Å². The fraction of sp³-hybridized carbons (Fsp3) is 0.136. The molecule has 5 aromatic rings. The highest BCUT2D eigenvalue weighted by molar-refractivity contribution is 7.90. The lowest BCUT2D eigenvalue weighted by Gasteiger charge is -2.08. The van der Waals surface area contributed by atoms with Gasteiger partial charge in [-0.3, -0.25) is 4.57 Å². The van der Waals surface area contributed by atoms with Crippen molar-refractivity contribution in [3.63, 3.8) is 0 Å². The van der Waals surface area contributed by atoms with Crippen LogP contribution in [0.15, 0.2) is 59.9 Å². The first kappa shape index (κ1) is 20.8. The Hall–Kier alpha value is -4.12. The van der Waals surface area contributed by atoms with Gasteiger partial charge in [-0.25, -0.2) is 23.1 Å². The molecule has 0 aliphatic carbocycles. The minimum atomic E-state index is -3.43. The molecule has 1 aromatic carbocycles. The maximum absolute atomic E-state index is 11.9. The maximum Gasteiger partial charge on any atom is 0.194 e. The van der Waals surface area contributed by atoms with E-state index in [-0.39, 0.29) is 5.03 Å². The summed E-state index contributed by atoms with van der Waals surface area (Å²) in [5.41, 5.74) is 3.95. The Balaban J connectivity index is 1.49. The Kier molecular flexibility index (Phi) is 4.90. The Morgan fingerprint density at radius 2 is 1.88 bits per heavy atom. The first-order valence-electron chi connectivity index (χ1n) is 9.98. The fourth-order valence-electron chi connectivity index (χ4n) is 3.34. The molecule has 0 aliphatic rings. The van der Waals surface area contributed by atoms with E-state index in [4.69, 9.17) is 0 Å². The van der Waals surface area contributed by atoms with Crippen LogP contribution in [0.5, 0.6) is 0 Å². The molecule has 5 rings (SSSR count). The van der Waals surface area contributed by atoms with E-state index in [1.807, 2.05) is 41.8 Å². The van der Waals surface area contributed by atoms with Gasteiger partial charge >= 0.3 is 0 Å². The topological polar surface area (TPSA) is 120 Å². The van der Waals surface area contributed by atoms with Crippen molar-refractivity contribution in [3.8, 4) is 11.6 Å². The number of hydrogen-bond acceptors (Lipinski definition) is 8. The second-order valence-electron chi connectivity index (χ2n) is 7.58. The first-order valence-corrected chi connectivity index (χ1v) is 11.9. The van der Waals surface area contributed by atoms with Crippen LogP contribution in [0.25, 0.3) is 22.7 Å². The third kappa shape index (κ3) is 4.05. The number of fused-ring (bicyclic) bond motifs is 1. The molecular formula is C22H19N8O2S. The van der Waals surface area contributed by atoms with E-state index in [0.29, 0.717) is 23.1 Å². The lowest BCUT2D eigenvalue weighted by molar-refractivity contribution is 0.596. The average molecular weight is 460 g/mol. The molecule has 4 heterocycles. The van der Waals surface area contributed by atoms with Crippen molar-refractivity contribution in [2.24, 2.45) is 0 Å². The number of nitrogens with zero attached hydrogens (tertiary/aromatic N) is 7. The van der Waals surface area contributed by atoms with Crippen LogP contribution in [0, 0.1) is 19.9 Å². The predicted molar refractivity (Wildman–Crippen MR) is 123 cm³/mol. The van der Waals surface area contributed by atoms with Gasteiger partial charge in [-0.15, -0.1) is 5.10 Å². The van der Waals surface area contributed by atoms with Crippen LogP contribution in [0.1, 0.15) is 11.4 Å². The molecule has 1 N–H and O–H groups in total. The summed E-state index contributed by atoms with van der Waals surface area (Å²) in [5, 5.41) is 15.6. The molecule has 0 saturated heterocycles. The predicted octanol–water partition coefficient (Wildman–Crippen LogP) is 2.96. The molecule has 0 unspecified atom stereocenters. The van der Waals surface area contributed by atoms with E-state index in [1.165, 1.54) is 10.7 Å². The number of pyridine rings is 1. The van der Waals surface area contributed by atoms with Crippen LogP contribution in [-0.2, 0) is 9.84 Å². The first-order chi connectivity index (χ1) is 15.8. The van der Waals surface area contributed by atoms with Crippen LogP contribution in [0.4, 0.5) is 11.5 Å². The summed E-state index contributed by atoms with van der Waals surface area (Å²) in [7, 11) is -3.43. The van der Waals surface area contributed by atoms with E-state index >= 15 is 0 Å². The largest absolute Gasteiger partial charge is 0.339 e. The van der Waals surface area contributed by atoms with Crippen LogP contribution >= 0.6 is 0 Å². The fourth-order valence-corrected chi connectivity index (χ4v) is 3.95. The summed E-state index contributed by atoms with van der Waals surface area (Å²) < 4.78 is 27.0. The minimum absolute atomic E-state index is 0.00743. The van der Waals surface area contributed by atoms with Gasteiger partial charge in [0.1, 0.15) is 12.1 Å². The van der Waals surface area contributed by atoms with E-state index in [2.05, 4.69) is 36.6 Å². The molecule has 0 atom stereocenters. The van der Waals surface area contributed by atoms with Crippen molar-refractivity contribution in [3.05, 3.63) is 72.3 Å². The van der Waals surface area contributed by atoms with Crippen molar-refractivity contribution in [2.75, 3.05) is 11.6 Å². The van der Waals surface area contributed by atoms with Gasteiger partial charge in [0, 0.05) is 23.7 Å². The van der Waals surface area contributed by atoms with E-state index in [0.717, 1.165) is 28.7 Å². The molecule has 0 fully saturated rings. The molecule has 4 aromatic heterocycles. The van der Waals surface area contributed by atoms with Crippen LogP contribution in [0.2, 0.25) is 0 Å². The van der Waals surface area contributed by atoms with Gasteiger partial charge in [0.25, 0.3) is 0 Å². The lowest BCUT2D eigenvalue weighted by atomic mass is 10.2. The standard InChI is InChI=1S/C22H19N8O2S/c1-14-7-10-19(27-26-14)24-16-8-9-18-17(12-16)23-13-29(18)20-5-4-6-21(25-20)30-15(2)11-22(28-30)33(3,31)32/h4-5,7-13H,1-3H3,(H,24,27). The Labute approximate surface area is 189 Å². The quantitative estimate of drug-likeness (QED) is 0.426. The van der Waals surface area contributed by atoms with Gasteiger partial charge in [-0.1, -0.05) is 0 Å². The molecule has 0 spiro atoms. The summed E-state index contributed by atoms with van der Waals surface area (Å²) >= 11 is 0. The van der Waals surface area contributed by atoms with Gasteiger partial charge < -0.3 is 5.32 Å². The van der Waals surface area contributed by atoms with Gasteiger partial charge in [0.15, 0.2) is 26.5 Å². The van der Waals surface area contributed by atoms with E-state index in [9.17, 15) is 8.42 Å². The van der Waals surface area contributed by atoms with Crippen molar-refractivity contribution < 1.29 is 8.42 Å². The normalized spacial score (nSPS) is 11.7. The van der Waals surface area contributed by atoms with Gasteiger partial charge in [0.2, 0.25) is 0 Å². The number of imidazole rings is 1. The van der Waals surface area contributed by atoms with Crippen LogP contribution < -0.4 is 5.32 Å². The minimum Gasteiger partial charge on any atom is -0.339 e. The van der Waals surface area contributed by atoms with E-state index in [1.54, 1.807) is 25.4 Å². The summed E-state index contributed by atoms with van der Waals surface area (Å²) in [6, 6.07) is 17.6. The second kappa shape index (κ2) is 7.78. The molecule has 10 nitrogen and oxygen atoms in total. The molecule has 0 bridgehead atoms. The average Bonchev–Trinajstić information content (AvgIpc) is 3.39. The van der Waals surface area contributed by atoms with Crippen molar-refractivity contribution in [1.82, 2.24) is 34.5 Å². The number of hydrogen-bond donors (Lipinski definition) is 1. The third-order valence-electron chi connectivity index (χ3n) is 4.98. The molecule has 11 heteroatoms. The zero-order valence-corrected chi connectivity index (χ0v) is 18.9. The molecule has 165 valence electrons. The highest BCUT2D eigenvalue weighted by Gasteiger charge is 2.16. The maximum atomic E-state index is 11.9. The smallest absolute Gasteiger partial charge is 0.194 e. The van der Waals surface area contributed by atoms with Crippen molar-refractivity contribution in [2.45, 2.75) is 18.9 Å². The Bertz CT molecular complexity index is 1590. The van der Waals surface area contributed by atoms with Gasteiger partial charge in [-0.2, -0.15) is 10.2 Å². The van der Waals surface area contributed by atoms with Crippen LogP contribution in [-0.4, -0.2) is 49.2 Å². The lowest BCUT2D eigenvalue weighted by Crippen LogP contribution is -2.06. The number of aryl methyl sites for hydroxylation is 2. The summed E-state index contributed by atoms with van der Waals surface area (Å²) in [4.78, 5) is 9.13. The monoisotopic (exact) mass is 459 g/mol. The summed E-state index contributed by atoms with van der Waals surface area (Å²) in [6.45, 7) is 3.65. The highest BCUT2D eigenvalue weighted by Crippen LogP contribution is 2.23. The van der Waals surface area contributed by atoms with Gasteiger partial charge in [0.05, 0.1) is 16.7 Å². The number of rotatable bonds is 5. The van der Waals surface area contributed by atoms with Crippen LogP contribution in [0.3, 0.4) is 0 Å². The SMILES string of the molecule is Cc1ccc(Nc2ccc3c(c2)ncn3-c2cc[c]c(-n3nc(S(C)(=O)=O)cc3C)n2)nn1. The number of aromatic nitrogens is 7. The highest BCUT2D eigenvalue weighted by atomic mass is 32.2. The molecule has 0 aliphatic heterocycles. The number of nitrogens with one attached hydrogen (secondary N) is 1. The molecule has 33 heavy (non-hydrogen) atoms. The van der Waals surface area contributed by atoms with Crippen molar-refractivity contribution >= 4 is 32.4 Å². The molecule has 0 saturated carbocycles. The number of benzene rings is 1. The molecular weight excluding hydrogens is 440 g/mol. The number of sulfone groups is 1. The summed E-state index contributed by atoms with van der Waals surface area (Å²) in [5.74, 6) is 1.64. The summed E-state index contributed by atoms with van der Waals surface area (Å²) in [6.07, 6.45) is 2.81.